The van der Waals surface area contributed by atoms with E-state index in [1.807, 2.05) is 28.8 Å². The Morgan fingerprint density at radius 3 is 3.07 bits per heavy atom. The predicted octanol–water partition coefficient (Wildman–Crippen LogP) is 1.27. The number of likely N-dealkylation sites (N-methyl/N-ethyl adjacent to an activating group) is 1. The van der Waals surface area contributed by atoms with E-state index < -0.39 is 0 Å². The van der Waals surface area contributed by atoms with Gasteiger partial charge in [-0.05, 0) is 25.6 Å². The van der Waals surface area contributed by atoms with Gasteiger partial charge in [0.2, 0.25) is 0 Å². The molecule has 0 radical (unpaired) electrons. The summed E-state index contributed by atoms with van der Waals surface area (Å²) in [5.74, 6) is 1.01. The average Bonchev–Trinajstić information content (AvgIpc) is 2.62. The molecule has 4 heteroatoms. The lowest BCUT2D eigenvalue weighted by Gasteiger charge is -2.10. The molecule has 0 spiro atoms. The monoisotopic (exact) mass is 204 g/mol. The van der Waals surface area contributed by atoms with Crippen molar-refractivity contribution in [3.05, 3.63) is 30.2 Å². The van der Waals surface area contributed by atoms with Crippen molar-refractivity contribution < 1.29 is 0 Å². The number of pyridine rings is 1. The Kier molecular flexibility index (Phi) is 2.97. The van der Waals surface area contributed by atoms with Gasteiger partial charge in [-0.1, -0.05) is 13.0 Å². The minimum absolute atomic E-state index is 0.433. The topological polar surface area (TPSA) is 42.2 Å². The quantitative estimate of drug-likeness (QED) is 0.815. The molecule has 2 aromatic rings. The Morgan fingerprint density at radius 2 is 2.27 bits per heavy atom. The first kappa shape index (κ1) is 10.1. The molecule has 0 aromatic carbocycles. The molecule has 1 unspecified atom stereocenters. The van der Waals surface area contributed by atoms with Crippen LogP contribution in [0.3, 0.4) is 0 Å². The second-order valence-corrected chi connectivity index (χ2v) is 3.71. The van der Waals surface area contributed by atoms with Crippen molar-refractivity contribution in [2.45, 2.75) is 26.3 Å². The minimum Gasteiger partial charge on any atom is -0.314 e. The maximum atomic E-state index is 4.19. The van der Waals surface area contributed by atoms with Crippen LogP contribution in [0.5, 0.6) is 0 Å². The lowest BCUT2D eigenvalue weighted by Crippen LogP contribution is -2.28. The first-order chi connectivity index (χ1) is 7.31. The van der Waals surface area contributed by atoms with Crippen LogP contribution in [-0.2, 0) is 6.42 Å². The highest BCUT2D eigenvalue weighted by molar-refractivity contribution is 5.37. The summed E-state index contributed by atoms with van der Waals surface area (Å²) in [5.41, 5.74) is 0.913. The average molecular weight is 204 g/mol. The molecule has 0 aliphatic carbocycles. The number of rotatable bonds is 4. The first-order valence-corrected chi connectivity index (χ1v) is 5.33. The van der Waals surface area contributed by atoms with E-state index in [2.05, 4.69) is 29.4 Å². The van der Waals surface area contributed by atoms with E-state index in [0.717, 1.165) is 24.4 Å². The molecular weight excluding hydrogens is 188 g/mol. The smallest absolute Gasteiger partial charge is 0.160 e. The first-order valence-electron chi connectivity index (χ1n) is 5.33. The van der Waals surface area contributed by atoms with Crippen molar-refractivity contribution in [2.24, 2.45) is 0 Å². The number of hydrogen-bond donors (Lipinski definition) is 1. The van der Waals surface area contributed by atoms with Gasteiger partial charge in [0.25, 0.3) is 0 Å². The molecule has 2 heterocycles. The summed E-state index contributed by atoms with van der Waals surface area (Å²) >= 11 is 0. The zero-order valence-electron chi connectivity index (χ0n) is 9.14. The second kappa shape index (κ2) is 4.40. The summed E-state index contributed by atoms with van der Waals surface area (Å²) in [7, 11) is 0. The van der Waals surface area contributed by atoms with E-state index in [4.69, 9.17) is 0 Å². The van der Waals surface area contributed by atoms with Gasteiger partial charge in [0.1, 0.15) is 5.82 Å². The van der Waals surface area contributed by atoms with Crippen molar-refractivity contribution in [1.82, 2.24) is 19.9 Å². The maximum absolute atomic E-state index is 4.19. The highest BCUT2D eigenvalue weighted by Gasteiger charge is 2.08. The molecule has 1 atom stereocenters. The fourth-order valence-corrected chi connectivity index (χ4v) is 1.72. The fourth-order valence-electron chi connectivity index (χ4n) is 1.72. The Balaban J connectivity index is 2.21. The molecule has 0 bridgehead atoms. The lowest BCUT2D eigenvalue weighted by atomic mass is 10.2. The summed E-state index contributed by atoms with van der Waals surface area (Å²) in [6.45, 7) is 5.25. The summed E-state index contributed by atoms with van der Waals surface area (Å²) in [6, 6.07) is 6.37. The van der Waals surface area contributed by atoms with Crippen LogP contribution in [-0.4, -0.2) is 27.2 Å². The van der Waals surface area contributed by atoms with E-state index in [-0.39, 0.29) is 0 Å². The number of nitrogens with zero attached hydrogens (tertiary/aromatic N) is 3. The van der Waals surface area contributed by atoms with Crippen LogP contribution in [0.4, 0.5) is 0 Å². The summed E-state index contributed by atoms with van der Waals surface area (Å²) in [4.78, 5) is 0. The molecule has 0 aliphatic rings. The zero-order chi connectivity index (χ0) is 10.7. The van der Waals surface area contributed by atoms with Gasteiger partial charge in [0, 0.05) is 18.7 Å². The number of aromatic nitrogens is 3. The Morgan fingerprint density at radius 1 is 1.40 bits per heavy atom. The highest BCUT2D eigenvalue weighted by atomic mass is 15.2. The van der Waals surface area contributed by atoms with Crippen molar-refractivity contribution >= 4 is 5.65 Å². The lowest BCUT2D eigenvalue weighted by molar-refractivity contribution is 0.550. The zero-order valence-corrected chi connectivity index (χ0v) is 9.14. The predicted molar refractivity (Wildman–Crippen MR) is 59.8 cm³/mol. The number of fused-ring (bicyclic) bond motifs is 1. The largest absolute Gasteiger partial charge is 0.314 e. The van der Waals surface area contributed by atoms with Gasteiger partial charge in [-0.3, -0.25) is 4.40 Å². The highest BCUT2D eigenvalue weighted by Crippen LogP contribution is 2.04. The molecule has 2 rings (SSSR count). The third kappa shape index (κ3) is 2.15. The van der Waals surface area contributed by atoms with Crippen molar-refractivity contribution in [3.8, 4) is 0 Å². The molecule has 0 saturated heterocycles. The fraction of sp³-hybridized carbons (Fsp3) is 0.455. The third-order valence-corrected chi connectivity index (χ3v) is 2.43. The maximum Gasteiger partial charge on any atom is 0.160 e. The summed E-state index contributed by atoms with van der Waals surface area (Å²) in [6.07, 6.45) is 2.91. The minimum atomic E-state index is 0.433. The summed E-state index contributed by atoms with van der Waals surface area (Å²) in [5, 5.41) is 11.7. The van der Waals surface area contributed by atoms with Crippen LogP contribution in [0.2, 0.25) is 0 Å². The Hall–Kier alpha value is -1.42. The molecule has 4 nitrogen and oxygen atoms in total. The van der Waals surface area contributed by atoms with Crippen molar-refractivity contribution in [2.75, 3.05) is 6.54 Å². The Labute approximate surface area is 89.3 Å². The van der Waals surface area contributed by atoms with Gasteiger partial charge in [-0.2, -0.15) is 0 Å². The van der Waals surface area contributed by atoms with Gasteiger partial charge in [-0.25, -0.2) is 0 Å². The molecule has 80 valence electrons. The van der Waals surface area contributed by atoms with Crippen LogP contribution in [0, 0.1) is 0 Å². The molecular formula is C11H16N4. The van der Waals surface area contributed by atoms with E-state index >= 15 is 0 Å². The van der Waals surface area contributed by atoms with Crippen LogP contribution >= 0.6 is 0 Å². The SMILES string of the molecule is CCNC(C)Cc1nnc2ccccn12. The molecule has 15 heavy (non-hydrogen) atoms. The van der Waals surface area contributed by atoms with E-state index in [9.17, 15) is 0 Å². The molecule has 1 N–H and O–H groups in total. The third-order valence-electron chi connectivity index (χ3n) is 2.43. The molecule has 0 amide bonds. The molecule has 0 fully saturated rings. The Bertz CT molecular complexity index is 435. The number of hydrogen-bond acceptors (Lipinski definition) is 3. The standard InChI is InChI=1S/C11H16N4/c1-3-12-9(2)8-11-14-13-10-6-4-5-7-15(10)11/h4-7,9,12H,3,8H2,1-2H3. The molecule has 0 aliphatic heterocycles. The van der Waals surface area contributed by atoms with Crippen molar-refractivity contribution in [1.29, 1.82) is 0 Å². The molecule has 2 aromatic heterocycles. The van der Waals surface area contributed by atoms with Crippen LogP contribution < -0.4 is 5.32 Å². The van der Waals surface area contributed by atoms with Crippen LogP contribution in [0.1, 0.15) is 19.7 Å². The van der Waals surface area contributed by atoms with E-state index in [0.29, 0.717) is 6.04 Å². The van der Waals surface area contributed by atoms with Crippen LogP contribution in [0.15, 0.2) is 24.4 Å². The molecule has 0 saturated carbocycles. The van der Waals surface area contributed by atoms with Gasteiger partial charge in [-0.15, -0.1) is 10.2 Å². The van der Waals surface area contributed by atoms with E-state index in [1.54, 1.807) is 0 Å². The van der Waals surface area contributed by atoms with Crippen molar-refractivity contribution in [3.63, 3.8) is 0 Å². The van der Waals surface area contributed by atoms with Gasteiger partial charge >= 0.3 is 0 Å². The normalized spacial score (nSPS) is 13.2. The van der Waals surface area contributed by atoms with Crippen LogP contribution in [0.25, 0.3) is 5.65 Å². The van der Waals surface area contributed by atoms with Gasteiger partial charge < -0.3 is 5.32 Å². The van der Waals surface area contributed by atoms with Gasteiger partial charge in [0.05, 0.1) is 0 Å². The number of nitrogens with one attached hydrogen (secondary N) is 1. The van der Waals surface area contributed by atoms with Gasteiger partial charge in [0.15, 0.2) is 5.65 Å². The van der Waals surface area contributed by atoms with E-state index in [1.165, 1.54) is 0 Å². The summed E-state index contributed by atoms with van der Waals surface area (Å²) < 4.78 is 2.04. The second-order valence-electron chi connectivity index (χ2n) is 3.71.